The number of carbonyl (C=O) groups is 2. The molecule has 2 aromatic rings. The van der Waals surface area contributed by atoms with Gasteiger partial charge in [0.05, 0.1) is 0 Å². The molecule has 1 atom stereocenters. The Balaban J connectivity index is 1.81. The van der Waals surface area contributed by atoms with E-state index in [1.165, 1.54) is 0 Å². The number of ether oxygens (including phenoxy) is 1. The van der Waals surface area contributed by atoms with Gasteiger partial charge in [-0.3, -0.25) is 9.59 Å². The second-order valence-electron chi connectivity index (χ2n) is 8.83. The van der Waals surface area contributed by atoms with Crippen molar-refractivity contribution in [3.05, 3.63) is 62.1 Å². The number of rotatable bonds is 9. The van der Waals surface area contributed by atoms with Gasteiger partial charge in [-0.2, -0.15) is 0 Å². The highest BCUT2D eigenvalue weighted by atomic mass is 35.5. The van der Waals surface area contributed by atoms with Crippen LogP contribution in [0.25, 0.3) is 0 Å². The van der Waals surface area contributed by atoms with Crippen LogP contribution in [0.3, 0.4) is 0 Å². The zero-order valence-electron chi connectivity index (χ0n) is 19.8. The van der Waals surface area contributed by atoms with Crippen LogP contribution in [-0.2, 0) is 16.1 Å². The molecule has 2 aromatic carbocycles. The first-order valence-electron chi connectivity index (χ1n) is 11.6. The average Bonchev–Trinajstić information content (AvgIpc) is 3.30. The first-order valence-corrected chi connectivity index (χ1v) is 12.8. The summed E-state index contributed by atoms with van der Waals surface area (Å²) < 4.78 is 5.82. The zero-order valence-corrected chi connectivity index (χ0v) is 22.1. The van der Waals surface area contributed by atoms with E-state index in [0.717, 1.165) is 36.8 Å². The molecule has 0 aromatic heterocycles. The first-order chi connectivity index (χ1) is 16.2. The van der Waals surface area contributed by atoms with Crippen LogP contribution in [-0.4, -0.2) is 35.4 Å². The van der Waals surface area contributed by atoms with E-state index in [0.29, 0.717) is 32.8 Å². The van der Waals surface area contributed by atoms with Crippen molar-refractivity contribution in [2.45, 2.75) is 71.5 Å². The average molecular weight is 526 g/mol. The van der Waals surface area contributed by atoms with Gasteiger partial charge >= 0.3 is 0 Å². The summed E-state index contributed by atoms with van der Waals surface area (Å²) in [5.74, 6) is 0.108. The highest BCUT2D eigenvalue weighted by Gasteiger charge is 2.31. The fraction of sp³-hybridized carbons (Fsp3) is 0.462. The number of nitrogens with zero attached hydrogens (tertiary/aromatic N) is 1. The standard InChI is InChI=1S/C26H31Cl3N2O3/c1-4-23(26(33)30-20-7-5-6-8-20)31(14-18-9-10-19(27)13-22(18)28)24(32)15-34-21-11-16(2)25(29)17(3)12-21/h9-13,20,23H,4-8,14-15H2,1-3H3,(H,30,33)/t23-/m1/s1. The number of carbonyl (C=O) groups excluding carboxylic acids is 2. The molecular formula is C26H31Cl3N2O3. The van der Waals surface area contributed by atoms with E-state index < -0.39 is 6.04 Å². The Hall–Kier alpha value is -1.95. The molecule has 8 heteroatoms. The molecule has 0 heterocycles. The van der Waals surface area contributed by atoms with Crippen molar-refractivity contribution in [3.63, 3.8) is 0 Å². The number of hydrogen-bond acceptors (Lipinski definition) is 3. The third kappa shape index (κ3) is 6.80. The largest absolute Gasteiger partial charge is 0.484 e. The van der Waals surface area contributed by atoms with Crippen LogP contribution in [0.2, 0.25) is 15.1 Å². The maximum absolute atomic E-state index is 13.4. The molecule has 184 valence electrons. The molecule has 34 heavy (non-hydrogen) atoms. The van der Waals surface area contributed by atoms with Crippen LogP contribution < -0.4 is 10.1 Å². The minimum atomic E-state index is -0.642. The topological polar surface area (TPSA) is 58.6 Å². The zero-order chi connectivity index (χ0) is 24.8. The molecule has 1 saturated carbocycles. The Morgan fingerprint density at radius 3 is 2.32 bits per heavy atom. The Kier molecular flexibility index (Phi) is 9.52. The van der Waals surface area contributed by atoms with Gasteiger partial charge in [0.1, 0.15) is 11.8 Å². The van der Waals surface area contributed by atoms with E-state index in [2.05, 4.69) is 5.32 Å². The van der Waals surface area contributed by atoms with E-state index in [-0.39, 0.29) is 31.0 Å². The predicted octanol–water partition coefficient (Wildman–Crippen LogP) is 6.51. The molecule has 0 spiro atoms. The lowest BCUT2D eigenvalue weighted by molar-refractivity contribution is -0.143. The Labute approximate surface area is 216 Å². The second kappa shape index (κ2) is 12.1. The maximum Gasteiger partial charge on any atom is 0.261 e. The summed E-state index contributed by atoms with van der Waals surface area (Å²) >= 11 is 18.7. The number of nitrogens with one attached hydrogen (secondary N) is 1. The molecule has 3 rings (SSSR count). The van der Waals surface area contributed by atoms with Gasteiger partial charge in [-0.15, -0.1) is 0 Å². The smallest absolute Gasteiger partial charge is 0.261 e. The number of halogens is 3. The molecule has 0 radical (unpaired) electrons. The molecule has 0 unspecified atom stereocenters. The SMILES string of the molecule is CC[C@H](C(=O)NC1CCCC1)N(Cc1ccc(Cl)cc1Cl)C(=O)COc1cc(C)c(Cl)c(C)c1. The summed E-state index contributed by atoms with van der Waals surface area (Å²) in [6.07, 6.45) is 4.63. The lowest BCUT2D eigenvalue weighted by Gasteiger charge is -2.31. The molecule has 1 aliphatic rings. The minimum absolute atomic E-state index is 0.147. The summed E-state index contributed by atoms with van der Waals surface area (Å²) in [6.45, 7) is 5.64. The van der Waals surface area contributed by atoms with Gasteiger partial charge in [0.15, 0.2) is 6.61 Å². The van der Waals surface area contributed by atoms with Crippen molar-refractivity contribution in [2.24, 2.45) is 0 Å². The number of hydrogen-bond donors (Lipinski definition) is 1. The van der Waals surface area contributed by atoms with Crippen LogP contribution in [0.4, 0.5) is 0 Å². The van der Waals surface area contributed by atoms with Gasteiger partial charge in [-0.25, -0.2) is 0 Å². The van der Waals surface area contributed by atoms with Crippen molar-refractivity contribution in [1.29, 1.82) is 0 Å². The van der Waals surface area contributed by atoms with Crippen LogP contribution >= 0.6 is 34.8 Å². The fourth-order valence-electron chi connectivity index (χ4n) is 4.34. The summed E-state index contributed by atoms with van der Waals surface area (Å²) in [6, 6.07) is 8.25. The molecule has 1 aliphatic carbocycles. The van der Waals surface area contributed by atoms with Gasteiger partial charge in [0.2, 0.25) is 5.91 Å². The Bertz CT molecular complexity index is 1010. The van der Waals surface area contributed by atoms with Crippen molar-refractivity contribution < 1.29 is 14.3 Å². The quantitative estimate of drug-likeness (QED) is 0.406. The third-order valence-corrected chi connectivity index (χ3v) is 7.40. The van der Waals surface area contributed by atoms with Crippen LogP contribution in [0.1, 0.15) is 55.7 Å². The van der Waals surface area contributed by atoms with Crippen molar-refractivity contribution in [3.8, 4) is 5.75 Å². The fourth-order valence-corrected chi connectivity index (χ4v) is 4.92. The van der Waals surface area contributed by atoms with E-state index in [1.54, 1.807) is 35.2 Å². The minimum Gasteiger partial charge on any atom is -0.484 e. The molecule has 2 amide bonds. The van der Waals surface area contributed by atoms with Crippen molar-refractivity contribution in [2.75, 3.05) is 6.61 Å². The van der Waals surface area contributed by atoms with E-state index >= 15 is 0 Å². The van der Waals surface area contributed by atoms with E-state index in [1.807, 2.05) is 20.8 Å². The Morgan fingerprint density at radius 1 is 1.09 bits per heavy atom. The molecule has 1 fully saturated rings. The lowest BCUT2D eigenvalue weighted by Crippen LogP contribution is -2.52. The van der Waals surface area contributed by atoms with E-state index in [9.17, 15) is 9.59 Å². The highest BCUT2D eigenvalue weighted by Crippen LogP contribution is 2.27. The second-order valence-corrected chi connectivity index (χ2v) is 10.1. The number of aryl methyl sites for hydroxylation is 2. The van der Waals surface area contributed by atoms with E-state index in [4.69, 9.17) is 39.5 Å². The highest BCUT2D eigenvalue weighted by molar-refractivity contribution is 6.35. The monoisotopic (exact) mass is 524 g/mol. The maximum atomic E-state index is 13.4. The number of amides is 2. The molecular weight excluding hydrogens is 495 g/mol. The van der Waals surface area contributed by atoms with Crippen LogP contribution in [0.15, 0.2) is 30.3 Å². The first kappa shape index (κ1) is 26.7. The molecule has 1 N–H and O–H groups in total. The van der Waals surface area contributed by atoms with Gasteiger partial charge in [0, 0.05) is 27.7 Å². The van der Waals surface area contributed by atoms with Gasteiger partial charge in [-0.1, -0.05) is 60.6 Å². The Morgan fingerprint density at radius 2 is 1.74 bits per heavy atom. The van der Waals surface area contributed by atoms with Gasteiger partial charge < -0.3 is 15.0 Å². The normalized spacial score (nSPS) is 14.6. The molecule has 5 nitrogen and oxygen atoms in total. The van der Waals surface area contributed by atoms with Crippen LogP contribution in [0, 0.1) is 13.8 Å². The molecule has 0 aliphatic heterocycles. The summed E-state index contributed by atoms with van der Waals surface area (Å²) in [5, 5.41) is 4.76. The van der Waals surface area contributed by atoms with Crippen molar-refractivity contribution in [1.82, 2.24) is 10.2 Å². The molecule has 0 bridgehead atoms. The van der Waals surface area contributed by atoms with Crippen molar-refractivity contribution >= 4 is 46.6 Å². The third-order valence-electron chi connectivity index (χ3n) is 6.22. The van der Waals surface area contributed by atoms with Crippen LogP contribution in [0.5, 0.6) is 5.75 Å². The van der Waals surface area contributed by atoms with Gasteiger partial charge in [-0.05, 0) is 74.1 Å². The summed E-state index contributed by atoms with van der Waals surface area (Å²) in [7, 11) is 0. The summed E-state index contributed by atoms with van der Waals surface area (Å²) in [5.41, 5.74) is 2.46. The van der Waals surface area contributed by atoms with Gasteiger partial charge in [0.25, 0.3) is 5.91 Å². The summed E-state index contributed by atoms with van der Waals surface area (Å²) in [4.78, 5) is 28.1. The molecule has 0 saturated heterocycles. The predicted molar refractivity (Wildman–Crippen MR) is 138 cm³/mol. The number of benzene rings is 2. The lowest BCUT2D eigenvalue weighted by atomic mass is 10.1.